The molecule has 0 aliphatic carbocycles. The summed E-state index contributed by atoms with van der Waals surface area (Å²) in [5.74, 6) is -0.687. The Morgan fingerprint density at radius 3 is 2.71 bits per heavy atom. The molecule has 1 aromatic rings. The van der Waals surface area contributed by atoms with Gasteiger partial charge in [-0.2, -0.15) is 0 Å². The maximum atomic E-state index is 11.1. The van der Waals surface area contributed by atoms with E-state index >= 15 is 0 Å². The quantitative estimate of drug-likeness (QED) is 0.850. The van der Waals surface area contributed by atoms with Crippen LogP contribution in [0.3, 0.4) is 0 Å². The third-order valence-electron chi connectivity index (χ3n) is 3.49. The van der Waals surface area contributed by atoms with Crippen molar-refractivity contribution in [1.29, 1.82) is 0 Å². The first-order valence-electron chi connectivity index (χ1n) is 6.27. The van der Waals surface area contributed by atoms with Crippen LogP contribution in [0.1, 0.15) is 37.8 Å². The van der Waals surface area contributed by atoms with Gasteiger partial charge in [0.25, 0.3) is 0 Å². The van der Waals surface area contributed by atoms with Crippen molar-refractivity contribution in [2.24, 2.45) is 0 Å². The molecule has 3 heteroatoms. The molecule has 0 unspecified atom stereocenters. The van der Waals surface area contributed by atoms with Crippen LogP contribution in [0.4, 0.5) is 0 Å². The van der Waals surface area contributed by atoms with E-state index in [2.05, 4.69) is 24.0 Å². The number of aliphatic carboxylic acids is 1. The number of hydrogen-bond acceptors (Lipinski definition) is 2. The fraction of sp³-hybridized carbons (Fsp3) is 0.500. The Balaban J connectivity index is 2.06. The summed E-state index contributed by atoms with van der Waals surface area (Å²) in [5, 5.41) is 9.13. The standard InChI is InChI=1S/C14H19NO2/c1-2-3-9-15-12(10-13(15)14(16)17)11-7-5-4-6-8-11/h4-8,12-13H,2-3,9-10H2,1H3,(H,16,17)/t12-,13+/m1/s1. The first-order chi connectivity index (χ1) is 8.24. The molecule has 2 rings (SSSR count). The van der Waals surface area contributed by atoms with E-state index in [1.165, 1.54) is 5.56 Å². The zero-order chi connectivity index (χ0) is 12.3. The van der Waals surface area contributed by atoms with Gasteiger partial charge in [-0.3, -0.25) is 9.69 Å². The summed E-state index contributed by atoms with van der Waals surface area (Å²) in [6.07, 6.45) is 2.90. The Hall–Kier alpha value is -1.35. The van der Waals surface area contributed by atoms with Gasteiger partial charge in [0.2, 0.25) is 0 Å². The molecule has 0 amide bonds. The van der Waals surface area contributed by atoms with Crippen LogP contribution in [-0.4, -0.2) is 28.6 Å². The maximum absolute atomic E-state index is 11.1. The summed E-state index contributed by atoms with van der Waals surface area (Å²) in [4.78, 5) is 13.2. The summed E-state index contributed by atoms with van der Waals surface area (Å²) < 4.78 is 0. The molecule has 1 aliphatic rings. The van der Waals surface area contributed by atoms with Gasteiger partial charge >= 0.3 is 5.97 Å². The van der Waals surface area contributed by atoms with E-state index in [0.717, 1.165) is 25.8 Å². The van der Waals surface area contributed by atoms with Crippen LogP contribution >= 0.6 is 0 Å². The van der Waals surface area contributed by atoms with Crippen molar-refractivity contribution in [1.82, 2.24) is 4.90 Å². The molecular weight excluding hydrogens is 214 g/mol. The van der Waals surface area contributed by atoms with Crippen molar-refractivity contribution >= 4 is 5.97 Å². The van der Waals surface area contributed by atoms with Crippen molar-refractivity contribution in [3.05, 3.63) is 35.9 Å². The molecule has 1 aromatic carbocycles. The molecule has 1 aliphatic heterocycles. The van der Waals surface area contributed by atoms with Gasteiger partial charge in [-0.15, -0.1) is 0 Å². The minimum absolute atomic E-state index is 0.285. The van der Waals surface area contributed by atoms with Gasteiger partial charge in [-0.05, 0) is 24.9 Å². The first kappa shape index (κ1) is 12.1. The van der Waals surface area contributed by atoms with Gasteiger partial charge in [0, 0.05) is 6.04 Å². The zero-order valence-corrected chi connectivity index (χ0v) is 10.2. The minimum atomic E-state index is -0.687. The van der Waals surface area contributed by atoms with Crippen LogP contribution in [0.5, 0.6) is 0 Å². The van der Waals surface area contributed by atoms with Crippen molar-refractivity contribution in [2.75, 3.05) is 6.54 Å². The lowest BCUT2D eigenvalue weighted by molar-refractivity contribution is -0.152. The highest BCUT2D eigenvalue weighted by Crippen LogP contribution is 2.38. The zero-order valence-electron chi connectivity index (χ0n) is 10.2. The van der Waals surface area contributed by atoms with E-state index in [0.29, 0.717) is 6.04 Å². The summed E-state index contributed by atoms with van der Waals surface area (Å²) in [5.41, 5.74) is 1.24. The topological polar surface area (TPSA) is 40.5 Å². The van der Waals surface area contributed by atoms with Gasteiger partial charge in [0.15, 0.2) is 0 Å². The monoisotopic (exact) mass is 233 g/mol. The van der Waals surface area contributed by atoms with Crippen LogP contribution in [0.2, 0.25) is 0 Å². The largest absolute Gasteiger partial charge is 0.480 e. The predicted octanol–water partition coefficient (Wildman–Crippen LogP) is 2.69. The van der Waals surface area contributed by atoms with Gasteiger partial charge in [0.1, 0.15) is 6.04 Å². The average Bonchev–Trinajstić information content (AvgIpc) is 2.29. The van der Waals surface area contributed by atoms with E-state index < -0.39 is 5.97 Å². The molecule has 1 saturated heterocycles. The molecule has 0 aromatic heterocycles. The van der Waals surface area contributed by atoms with Crippen LogP contribution in [0.25, 0.3) is 0 Å². The average molecular weight is 233 g/mol. The Labute approximate surface area is 102 Å². The van der Waals surface area contributed by atoms with E-state index in [1.54, 1.807) is 0 Å². The van der Waals surface area contributed by atoms with Crippen LogP contribution in [0.15, 0.2) is 30.3 Å². The van der Waals surface area contributed by atoms with Gasteiger partial charge in [-0.25, -0.2) is 0 Å². The molecule has 2 atom stereocenters. The predicted molar refractivity (Wildman–Crippen MR) is 66.8 cm³/mol. The van der Waals surface area contributed by atoms with Crippen molar-refractivity contribution in [2.45, 2.75) is 38.3 Å². The summed E-state index contributed by atoms with van der Waals surface area (Å²) in [6.45, 7) is 3.01. The Morgan fingerprint density at radius 2 is 2.12 bits per heavy atom. The van der Waals surface area contributed by atoms with Crippen molar-refractivity contribution in [3.63, 3.8) is 0 Å². The number of carboxylic acid groups (broad SMARTS) is 1. The van der Waals surface area contributed by atoms with Crippen molar-refractivity contribution in [3.8, 4) is 0 Å². The van der Waals surface area contributed by atoms with Crippen LogP contribution in [-0.2, 0) is 4.79 Å². The van der Waals surface area contributed by atoms with Gasteiger partial charge in [-0.1, -0.05) is 43.7 Å². The second kappa shape index (κ2) is 5.32. The molecular formula is C14H19NO2. The third-order valence-corrected chi connectivity index (χ3v) is 3.49. The molecule has 1 fully saturated rings. The normalized spacial score (nSPS) is 24.3. The highest BCUT2D eigenvalue weighted by molar-refractivity contribution is 5.75. The first-order valence-corrected chi connectivity index (χ1v) is 6.27. The number of carbonyl (C=O) groups is 1. The summed E-state index contributed by atoms with van der Waals surface area (Å²) in [6, 6.07) is 10.2. The van der Waals surface area contributed by atoms with Crippen LogP contribution < -0.4 is 0 Å². The lowest BCUT2D eigenvalue weighted by Gasteiger charge is -2.46. The lowest BCUT2D eigenvalue weighted by atomic mass is 9.87. The third kappa shape index (κ3) is 2.50. The smallest absolute Gasteiger partial charge is 0.321 e. The number of carboxylic acids is 1. The number of unbranched alkanes of at least 4 members (excludes halogenated alkanes) is 1. The Morgan fingerprint density at radius 1 is 1.41 bits per heavy atom. The van der Waals surface area contributed by atoms with Gasteiger partial charge < -0.3 is 5.11 Å². The number of hydrogen-bond donors (Lipinski definition) is 1. The summed E-state index contributed by atoms with van der Waals surface area (Å²) >= 11 is 0. The fourth-order valence-electron chi connectivity index (χ4n) is 2.46. The number of nitrogens with zero attached hydrogens (tertiary/aromatic N) is 1. The molecule has 1 heterocycles. The molecule has 17 heavy (non-hydrogen) atoms. The fourth-order valence-corrected chi connectivity index (χ4v) is 2.46. The second-order valence-electron chi connectivity index (χ2n) is 4.61. The molecule has 0 bridgehead atoms. The van der Waals surface area contributed by atoms with E-state index in [1.807, 2.05) is 18.2 Å². The molecule has 0 saturated carbocycles. The number of likely N-dealkylation sites (tertiary alicyclic amines) is 1. The number of benzene rings is 1. The van der Waals surface area contributed by atoms with Gasteiger partial charge in [0.05, 0.1) is 0 Å². The Kier molecular flexibility index (Phi) is 3.79. The van der Waals surface area contributed by atoms with E-state index in [-0.39, 0.29) is 6.04 Å². The summed E-state index contributed by atoms with van der Waals surface area (Å²) in [7, 11) is 0. The molecule has 0 radical (unpaired) electrons. The molecule has 1 N–H and O–H groups in total. The minimum Gasteiger partial charge on any atom is -0.480 e. The van der Waals surface area contributed by atoms with E-state index in [9.17, 15) is 4.79 Å². The van der Waals surface area contributed by atoms with Crippen LogP contribution in [0, 0.1) is 0 Å². The molecule has 92 valence electrons. The Bertz CT molecular complexity index is 377. The SMILES string of the molecule is CCCCN1[C@@H](c2ccccc2)C[C@H]1C(=O)O. The maximum Gasteiger partial charge on any atom is 0.321 e. The number of rotatable bonds is 5. The van der Waals surface area contributed by atoms with E-state index in [4.69, 9.17) is 5.11 Å². The van der Waals surface area contributed by atoms with Crippen molar-refractivity contribution < 1.29 is 9.90 Å². The molecule has 3 nitrogen and oxygen atoms in total. The molecule has 0 spiro atoms. The highest BCUT2D eigenvalue weighted by Gasteiger charge is 2.42. The second-order valence-corrected chi connectivity index (χ2v) is 4.61. The highest BCUT2D eigenvalue weighted by atomic mass is 16.4. The lowest BCUT2D eigenvalue weighted by Crippen LogP contribution is -2.54.